The van der Waals surface area contributed by atoms with E-state index in [2.05, 4.69) is 0 Å². The first-order chi connectivity index (χ1) is 7.72. The van der Waals surface area contributed by atoms with Gasteiger partial charge >= 0.3 is 5.97 Å². The Labute approximate surface area is 93.8 Å². The smallest absolute Gasteiger partial charge is 0.339 e. The second-order valence-corrected chi connectivity index (χ2v) is 3.81. The molecule has 0 heterocycles. The zero-order chi connectivity index (χ0) is 11.5. The number of aromatic carboxylic acids is 1. The normalized spacial score (nSPS) is 15.3. The van der Waals surface area contributed by atoms with Crippen molar-refractivity contribution in [3.63, 3.8) is 0 Å². The van der Waals surface area contributed by atoms with Crippen LogP contribution >= 0.6 is 0 Å². The molecule has 16 heavy (non-hydrogen) atoms. The number of para-hydroxylation sites is 1. The predicted octanol–water partition coefficient (Wildman–Crippen LogP) is 2.32. The van der Waals surface area contributed by atoms with Gasteiger partial charge in [-0.1, -0.05) is 6.07 Å². The summed E-state index contributed by atoms with van der Waals surface area (Å²) >= 11 is 0. The van der Waals surface area contributed by atoms with Crippen LogP contribution in [0.15, 0.2) is 18.2 Å². The first-order valence-electron chi connectivity index (χ1n) is 5.29. The molecule has 0 amide bonds. The Balaban J connectivity index is 2.32. The summed E-state index contributed by atoms with van der Waals surface area (Å²) in [6.07, 6.45) is 3.24. The topological polar surface area (TPSA) is 55.8 Å². The van der Waals surface area contributed by atoms with Crippen LogP contribution in [0.4, 0.5) is 0 Å². The van der Waals surface area contributed by atoms with Gasteiger partial charge in [-0.15, -0.1) is 0 Å². The Morgan fingerprint density at radius 3 is 2.69 bits per heavy atom. The summed E-state index contributed by atoms with van der Waals surface area (Å²) in [5.41, 5.74) is 0.159. The van der Waals surface area contributed by atoms with Gasteiger partial charge in [0, 0.05) is 0 Å². The third kappa shape index (κ3) is 1.96. The molecule has 0 saturated heterocycles. The molecule has 4 heteroatoms. The van der Waals surface area contributed by atoms with Gasteiger partial charge in [-0.05, 0) is 31.4 Å². The zero-order valence-electron chi connectivity index (χ0n) is 9.10. The van der Waals surface area contributed by atoms with Crippen LogP contribution in [-0.4, -0.2) is 24.3 Å². The molecular formula is C12H14O4. The maximum Gasteiger partial charge on any atom is 0.339 e. The van der Waals surface area contributed by atoms with Crippen LogP contribution in [0.25, 0.3) is 0 Å². The van der Waals surface area contributed by atoms with E-state index in [1.165, 1.54) is 13.2 Å². The minimum Gasteiger partial charge on any atom is -0.493 e. The highest BCUT2D eigenvalue weighted by atomic mass is 16.5. The molecule has 0 bridgehead atoms. The number of carbonyl (C=O) groups is 1. The van der Waals surface area contributed by atoms with Crippen LogP contribution in [0.3, 0.4) is 0 Å². The fourth-order valence-electron chi connectivity index (χ4n) is 1.62. The summed E-state index contributed by atoms with van der Waals surface area (Å²) in [6, 6.07) is 4.88. The summed E-state index contributed by atoms with van der Waals surface area (Å²) < 4.78 is 10.8. The Bertz CT molecular complexity index is 396. The Hall–Kier alpha value is -1.71. The molecule has 2 rings (SSSR count). The number of benzene rings is 1. The van der Waals surface area contributed by atoms with E-state index in [0.717, 1.165) is 19.3 Å². The SMILES string of the molecule is COc1cccc(C(=O)O)c1OC1CCC1. The summed E-state index contributed by atoms with van der Waals surface area (Å²) in [5, 5.41) is 9.05. The minimum atomic E-state index is -0.992. The summed E-state index contributed by atoms with van der Waals surface area (Å²) in [7, 11) is 1.51. The lowest BCUT2D eigenvalue weighted by atomic mass is 9.96. The van der Waals surface area contributed by atoms with E-state index in [1.54, 1.807) is 12.1 Å². The van der Waals surface area contributed by atoms with Gasteiger partial charge in [0.25, 0.3) is 0 Å². The third-order valence-electron chi connectivity index (χ3n) is 2.77. The monoisotopic (exact) mass is 222 g/mol. The van der Waals surface area contributed by atoms with Crippen molar-refractivity contribution in [1.29, 1.82) is 0 Å². The number of carboxylic acid groups (broad SMARTS) is 1. The molecule has 0 aromatic heterocycles. The fourth-order valence-corrected chi connectivity index (χ4v) is 1.62. The Kier molecular flexibility index (Phi) is 2.99. The molecule has 1 aromatic rings. The lowest BCUT2D eigenvalue weighted by molar-refractivity contribution is 0.0677. The summed E-state index contributed by atoms with van der Waals surface area (Å²) in [6.45, 7) is 0. The lowest BCUT2D eigenvalue weighted by Gasteiger charge is -2.27. The standard InChI is InChI=1S/C12H14O4/c1-15-10-7-3-6-9(12(13)14)11(10)16-8-4-2-5-8/h3,6-8H,2,4-5H2,1H3,(H,13,14). The van der Waals surface area contributed by atoms with Crippen molar-refractivity contribution >= 4 is 5.97 Å². The first-order valence-corrected chi connectivity index (χ1v) is 5.29. The van der Waals surface area contributed by atoms with Crippen LogP contribution in [0.5, 0.6) is 11.5 Å². The molecule has 1 aromatic carbocycles. The molecule has 0 radical (unpaired) electrons. The molecule has 4 nitrogen and oxygen atoms in total. The van der Waals surface area contributed by atoms with Gasteiger partial charge in [-0.2, -0.15) is 0 Å². The van der Waals surface area contributed by atoms with E-state index in [0.29, 0.717) is 11.5 Å². The maximum atomic E-state index is 11.0. The molecular weight excluding hydrogens is 208 g/mol. The Morgan fingerprint density at radius 2 is 2.19 bits per heavy atom. The van der Waals surface area contributed by atoms with Crippen LogP contribution in [0.2, 0.25) is 0 Å². The number of carboxylic acids is 1. The van der Waals surface area contributed by atoms with Crippen molar-refractivity contribution in [1.82, 2.24) is 0 Å². The maximum absolute atomic E-state index is 11.0. The van der Waals surface area contributed by atoms with Crippen molar-refractivity contribution < 1.29 is 19.4 Å². The first kappa shape index (κ1) is 10.8. The average Bonchev–Trinajstić information content (AvgIpc) is 2.22. The molecule has 1 fully saturated rings. The number of ether oxygens (including phenoxy) is 2. The number of rotatable bonds is 4. The lowest BCUT2D eigenvalue weighted by Crippen LogP contribution is -2.25. The van der Waals surface area contributed by atoms with Crippen LogP contribution in [0.1, 0.15) is 29.6 Å². The van der Waals surface area contributed by atoms with E-state index in [-0.39, 0.29) is 11.7 Å². The van der Waals surface area contributed by atoms with Gasteiger partial charge in [-0.3, -0.25) is 0 Å². The second kappa shape index (κ2) is 4.43. The second-order valence-electron chi connectivity index (χ2n) is 3.81. The van der Waals surface area contributed by atoms with Crippen molar-refractivity contribution in [3.8, 4) is 11.5 Å². The van der Waals surface area contributed by atoms with E-state index in [4.69, 9.17) is 14.6 Å². The molecule has 0 aliphatic heterocycles. The highest BCUT2D eigenvalue weighted by molar-refractivity contribution is 5.92. The summed E-state index contributed by atoms with van der Waals surface area (Å²) in [4.78, 5) is 11.0. The van der Waals surface area contributed by atoms with Crippen molar-refractivity contribution in [2.45, 2.75) is 25.4 Å². The molecule has 1 aliphatic rings. The molecule has 86 valence electrons. The van der Waals surface area contributed by atoms with Crippen LogP contribution in [-0.2, 0) is 0 Å². The number of hydrogen-bond acceptors (Lipinski definition) is 3. The number of methoxy groups -OCH3 is 1. The van der Waals surface area contributed by atoms with Gasteiger partial charge < -0.3 is 14.6 Å². The van der Waals surface area contributed by atoms with E-state index in [1.807, 2.05) is 0 Å². The van der Waals surface area contributed by atoms with Gasteiger partial charge in [-0.25, -0.2) is 4.79 Å². The van der Waals surface area contributed by atoms with E-state index >= 15 is 0 Å². The van der Waals surface area contributed by atoms with Gasteiger partial charge in [0.1, 0.15) is 5.56 Å². The largest absolute Gasteiger partial charge is 0.493 e. The summed E-state index contributed by atoms with van der Waals surface area (Å²) in [5.74, 6) is -0.165. The predicted molar refractivity (Wildman–Crippen MR) is 58.2 cm³/mol. The van der Waals surface area contributed by atoms with Crippen molar-refractivity contribution in [3.05, 3.63) is 23.8 Å². The van der Waals surface area contributed by atoms with Gasteiger partial charge in [0.2, 0.25) is 0 Å². The average molecular weight is 222 g/mol. The Morgan fingerprint density at radius 1 is 1.44 bits per heavy atom. The quantitative estimate of drug-likeness (QED) is 0.849. The fraction of sp³-hybridized carbons (Fsp3) is 0.417. The molecule has 0 atom stereocenters. The molecule has 1 N–H and O–H groups in total. The minimum absolute atomic E-state index is 0.134. The highest BCUT2D eigenvalue weighted by Crippen LogP contribution is 2.35. The third-order valence-corrected chi connectivity index (χ3v) is 2.77. The number of hydrogen-bond donors (Lipinski definition) is 1. The van der Waals surface area contributed by atoms with Crippen LogP contribution in [0, 0.1) is 0 Å². The van der Waals surface area contributed by atoms with E-state index in [9.17, 15) is 4.79 Å². The van der Waals surface area contributed by atoms with E-state index < -0.39 is 5.97 Å². The van der Waals surface area contributed by atoms with Gasteiger partial charge in [0.15, 0.2) is 11.5 Å². The van der Waals surface area contributed by atoms with Crippen molar-refractivity contribution in [2.75, 3.05) is 7.11 Å². The van der Waals surface area contributed by atoms with Gasteiger partial charge in [0.05, 0.1) is 13.2 Å². The molecule has 0 unspecified atom stereocenters. The van der Waals surface area contributed by atoms with Crippen LogP contribution < -0.4 is 9.47 Å². The molecule has 1 aliphatic carbocycles. The molecule has 1 saturated carbocycles. The molecule has 0 spiro atoms. The highest BCUT2D eigenvalue weighted by Gasteiger charge is 2.24. The van der Waals surface area contributed by atoms with Crippen molar-refractivity contribution in [2.24, 2.45) is 0 Å². The zero-order valence-corrected chi connectivity index (χ0v) is 9.10.